The first-order valence-corrected chi connectivity index (χ1v) is 6.13. The van der Waals surface area contributed by atoms with Crippen LogP contribution in [-0.2, 0) is 11.0 Å². The fourth-order valence-corrected chi connectivity index (χ4v) is 1.74. The summed E-state index contributed by atoms with van der Waals surface area (Å²) in [6.07, 6.45) is -7.69. The van der Waals surface area contributed by atoms with E-state index in [1.165, 1.54) is 6.92 Å². The number of carbonyl (C=O) groups excluding carboxylic acids is 1. The Morgan fingerprint density at radius 1 is 1.33 bits per heavy atom. The van der Waals surface area contributed by atoms with Crippen LogP contribution in [0.15, 0.2) is 18.2 Å². The van der Waals surface area contributed by atoms with Crippen molar-refractivity contribution in [1.29, 1.82) is 0 Å². The first-order chi connectivity index (χ1) is 9.62. The third kappa shape index (κ3) is 4.91. The number of carbonyl (C=O) groups is 1. The van der Waals surface area contributed by atoms with Gasteiger partial charge in [0.1, 0.15) is 11.9 Å². The van der Waals surface area contributed by atoms with Gasteiger partial charge in [0.05, 0.1) is 11.7 Å². The summed E-state index contributed by atoms with van der Waals surface area (Å²) in [7, 11) is 0. The van der Waals surface area contributed by atoms with Gasteiger partial charge in [0.15, 0.2) is 0 Å². The van der Waals surface area contributed by atoms with Gasteiger partial charge in [-0.2, -0.15) is 13.2 Å². The van der Waals surface area contributed by atoms with Gasteiger partial charge in [0.2, 0.25) is 5.91 Å². The number of halogens is 3. The van der Waals surface area contributed by atoms with Crippen LogP contribution in [0.5, 0.6) is 5.75 Å². The number of phenols is 1. The monoisotopic (exact) mass is 307 g/mol. The van der Waals surface area contributed by atoms with E-state index in [4.69, 9.17) is 0 Å². The Hall–Kier alpha value is -1.80. The number of amides is 1. The first-order valence-electron chi connectivity index (χ1n) is 6.13. The van der Waals surface area contributed by atoms with Crippen LogP contribution in [0.2, 0.25) is 0 Å². The zero-order valence-electron chi connectivity index (χ0n) is 11.2. The molecule has 0 spiro atoms. The van der Waals surface area contributed by atoms with Crippen LogP contribution in [0, 0.1) is 0 Å². The van der Waals surface area contributed by atoms with Gasteiger partial charge in [0, 0.05) is 13.5 Å². The maximum atomic E-state index is 12.6. The molecule has 0 aliphatic carbocycles. The molecular formula is C13H16F3NO4. The topological polar surface area (TPSA) is 89.8 Å². The maximum Gasteiger partial charge on any atom is 0.419 e. The predicted molar refractivity (Wildman–Crippen MR) is 67.4 cm³/mol. The van der Waals surface area contributed by atoms with Crippen molar-refractivity contribution >= 4 is 5.91 Å². The van der Waals surface area contributed by atoms with Crippen LogP contribution in [-0.4, -0.2) is 33.9 Å². The smallest absolute Gasteiger partial charge is 0.419 e. The van der Waals surface area contributed by atoms with Gasteiger partial charge in [-0.25, -0.2) is 0 Å². The molecule has 2 atom stereocenters. The van der Waals surface area contributed by atoms with Crippen molar-refractivity contribution in [3.8, 4) is 5.75 Å². The zero-order chi connectivity index (χ0) is 16.2. The molecular weight excluding hydrogens is 291 g/mol. The van der Waals surface area contributed by atoms with Gasteiger partial charge in [-0.3, -0.25) is 4.79 Å². The van der Waals surface area contributed by atoms with Crippen molar-refractivity contribution in [3.05, 3.63) is 29.3 Å². The van der Waals surface area contributed by atoms with Crippen molar-refractivity contribution in [2.45, 2.75) is 31.7 Å². The Balaban J connectivity index is 2.82. The molecule has 0 heterocycles. The van der Waals surface area contributed by atoms with E-state index >= 15 is 0 Å². The second-order valence-corrected chi connectivity index (χ2v) is 4.56. The largest absolute Gasteiger partial charge is 0.507 e. The van der Waals surface area contributed by atoms with Gasteiger partial charge >= 0.3 is 6.18 Å². The first kappa shape index (κ1) is 17.3. The Labute approximate surface area is 119 Å². The minimum Gasteiger partial charge on any atom is -0.507 e. The fourth-order valence-electron chi connectivity index (χ4n) is 1.74. The van der Waals surface area contributed by atoms with Crippen LogP contribution < -0.4 is 5.32 Å². The standard InChI is InChI=1S/C13H16F3NO4/c1-7(18)17-5-4-11(20)12(21)8-2-3-10(19)9(6-8)13(14,15)16/h2-3,6,11-12,19-21H,4-5H2,1H3,(H,17,18). The van der Waals surface area contributed by atoms with E-state index in [2.05, 4.69) is 5.32 Å². The van der Waals surface area contributed by atoms with Crippen LogP contribution in [0.3, 0.4) is 0 Å². The van der Waals surface area contributed by atoms with Gasteiger partial charge in [-0.05, 0) is 24.1 Å². The molecule has 0 saturated heterocycles. The summed E-state index contributed by atoms with van der Waals surface area (Å²) in [4.78, 5) is 10.6. The molecule has 8 heteroatoms. The minimum absolute atomic E-state index is 0.0248. The zero-order valence-corrected chi connectivity index (χ0v) is 11.2. The lowest BCUT2D eigenvalue weighted by molar-refractivity contribution is -0.139. The number of aromatic hydroxyl groups is 1. The van der Waals surface area contributed by atoms with Gasteiger partial charge in [0.25, 0.3) is 0 Å². The van der Waals surface area contributed by atoms with Crippen LogP contribution in [0.25, 0.3) is 0 Å². The summed E-state index contributed by atoms with van der Waals surface area (Å²) in [6.45, 7) is 1.36. The number of hydrogen-bond donors (Lipinski definition) is 4. The van der Waals surface area contributed by atoms with E-state index in [0.29, 0.717) is 6.07 Å². The van der Waals surface area contributed by atoms with E-state index in [0.717, 1.165) is 12.1 Å². The summed E-state index contributed by atoms with van der Waals surface area (Å²) in [5.41, 5.74) is -1.46. The molecule has 4 N–H and O–H groups in total. The SMILES string of the molecule is CC(=O)NCCC(O)C(O)c1ccc(O)c(C(F)(F)F)c1. The molecule has 21 heavy (non-hydrogen) atoms. The van der Waals surface area contributed by atoms with Crippen LogP contribution in [0.1, 0.15) is 30.6 Å². The molecule has 0 aromatic heterocycles. The van der Waals surface area contributed by atoms with Crippen molar-refractivity contribution in [1.82, 2.24) is 5.32 Å². The van der Waals surface area contributed by atoms with E-state index in [-0.39, 0.29) is 24.4 Å². The Morgan fingerprint density at radius 3 is 2.48 bits per heavy atom. The third-order valence-corrected chi connectivity index (χ3v) is 2.85. The normalized spacial score (nSPS) is 14.6. The summed E-state index contributed by atoms with van der Waals surface area (Å²) in [5.74, 6) is -1.27. The number of aliphatic hydroxyl groups is 2. The highest BCUT2D eigenvalue weighted by Crippen LogP contribution is 2.37. The van der Waals surface area contributed by atoms with Crippen molar-refractivity contribution in [2.24, 2.45) is 0 Å². The van der Waals surface area contributed by atoms with Gasteiger partial charge < -0.3 is 20.6 Å². The van der Waals surface area contributed by atoms with Crippen molar-refractivity contribution < 1.29 is 33.3 Å². The third-order valence-electron chi connectivity index (χ3n) is 2.85. The number of aliphatic hydroxyl groups excluding tert-OH is 2. The van der Waals surface area contributed by atoms with Crippen LogP contribution >= 0.6 is 0 Å². The maximum absolute atomic E-state index is 12.6. The minimum atomic E-state index is -4.76. The summed E-state index contributed by atoms with van der Waals surface area (Å²) >= 11 is 0. The molecule has 0 aliphatic rings. The summed E-state index contributed by atoms with van der Waals surface area (Å²) in [6, 6.07) is 2.49. The lowest BCUT2D eigenvalue weighted by Gasteiger charge is -2.19. The van der Waals surface area contributed by atoms with Gasteiger partial charge in [-0.15, -0.1) is 0 Å². The van der Waals surface area contributed by atoms with Crippen LogP contribution in [0.4, 0.5) is 13.2 Å². The van der Waals surface area contributed by atoms with E-state index in [1.807, 2.05) is 0 Å². The second-order valence-electron chi connectivity index (χ2n) is 4.56. The molecule has 0 aliphatic heterocycles. The Bertz CT molecular complexity index is 505. The number of phenolic OH excluding ortho intramolecular Hbond substituents is 1. The average Bonchev–Trinajstić information content (AvgIpc) is 2.36. The molecule has 5 nitrogen and oxygen atoms in total. The molecule has 0 bridgehead atoms. The van der Waals surface area contributed by atoms with E-state index in [9.17, 15) is 33.3 Å². The molecule has 1 aromatic rings. The van der Waals surface area contributed by atoms with E-state index < -0.39 is 29.7 Å². The molecule has 0 fully saturated rings. The molecule has 2 unspecified atom stereocenters. The molecule has 1 amide bonds. The predicted octanol–water partition coefficient (Wildman–Crippen LogP) is 1.33. The lowest BCUT2D eigenvalue weighted by Crippen LogP contribution is -2.27. The fraction of sp³-hybridized carbons (Fsp3) is 0.462. The Kier molecular flexibility index (Phi) is 5.56. The number of benzene rings is 1. The number of hydrogen-bond acceptors (Lipinski definition) is 4. The summed E-state index contributed by atoms with van der Waals surface area (Å²) in [5, 5.41) is 31.1. The highest BCUT2D eigenvalue weighted by Gasteiger charge is 2.35. The summed E-state index contributed by atoms with van der Waals surface area (Å²) < 4.78 is 37.9. The lowest BCUT2D eigenvalue weighted by atomic mass is 9.99. The Morgan fingerprint density at radius 2 is 1.95 bits per heavy atom. The molecule has 0 radical (unpaired) electrons. The van der Waals surface area contributed by atoms with Gasteiger partial charge in [-0.1, -0.05) is 6.07 Å². The quantitative estimate of drug-likeness (QED) is 0.661. The molecule has 1 rings (SSSR count). The second kappa shape index (κ2) is 6.77. The highest BCUT2D eigenvalue weighted by molar-refractivity contribution is 5.72. The molecule has 118 valence electrons. The van der Waals surface area contributed by atoms with Crippen molar-refractivity contribution in [3.63, 3.8) is 0 Å². The molecule has 0 saturated carbocycles. The number of alkyl halides is 3. The number of rotatable bonds is 5. The van der Waals surface area contributed by atoms with Crippen molar-refractivity contribution in [2.75, 3.05) is 6.54 Å². The van der Waals surface area contributed by atoms with E-state index in [1.54, 1.807) is 0 Å². The number of nitrogens with one attached hydrogen (secondary N) is 1. The average molecular weight is 307 g/mol. The molecule has 1 aromatic carbocycles. The highest BCUT2D eigenvalue weighted by atomic mass is 19.4.